The first-order valence-electron chi connectivity index (χ1n) is 6.89. The molecular formula is C16H16N2O3. The molecule has 1 unspecified atom stereocenters. The van der Waals surface area contributed by atoms with Crippen LogP contribution in [0.1, 0.15) is 27.9 Å². The molecule has 1 aromatic carbocycles. The zero-order chi connectivity index (χ0) is 14.7. The van der Waals surface area contributed by atoms with E-state index in [1.807, 2.05) is 24.3 Å². The molecular weight excluding hydrogens is 268 g/mol. The highest BCUT2D eigenvalue weighted by Crippen LogP contribution is 2.25. The number of nitrogens with zero attached hydrogens (tertiary/aromatic N) is 1. The number of hydrogen-bond donors (Lipinski definition) is 2. The van der Waals surface area contributed by atoms with Crippen LogP contribution in [0.3, 0.4) is 0 Å². The molecule has 0 fully saturated rings. The summed E-state index contributed by atoms with van der Waals surface area (Å²) in [6.07, 6.45) is 6.12. The molecule has 0 spiro atoms. The Balaban J connectivity index is 1.73. The minimum absolute atomic E-state index is 0.124. The third-order valence-corrected chi connectivity index (χ3v) is 3.69. The van der Waals surface area contributed by atoms with Gasteiger partial charge < -0.3 is 4.74 Å². The summed E-state index contributed by atoms with van der Waals surface area (Å²) in [5, 5.41) is 8.67. The number of pyridine rings is 1. The van der Waals surface area contributed by atoms with Crippen LogP contribution in [0.5, 0.6) is 5.75 Å². The number of carbonyl (C=O) groups excluding carboxylic acids is 1. The number of hydroxylamine groups is 1. The van der Waals surface area contributed by atoms with Crippen LogP contribution in [0.25, 0.3) is 0 Å². The standard InChI is InChI=1S/C16H16N2O3/c19-16(18-20)13-4-3-12-9-14(6-5-11(12)8-13)21-15-2-1-7-17-10-15/h1-4,7-8,10,14,20H,5-6,9H2,(H,18,19). The van der Waals surface area contributed by atoms with E-state index in [2.05, 4.69) is 4.98 Å². The van der Waals surface area contributed by atoms with Gasteiger partial charge >= 0.3 is 0 Å². The number of fused-ring (bicyclic) bond motifs is 1. The number of benzene rings is 1. The van der Waals surface area contributed by atoms with E-state index < -0.39 is 5.91 Å². The van der Waals surface area contributed by atoms with Gasteiger partial charge in [0.25, 0.3) is 5.91 Å². The fourth-order valence-electron chi connectivity index (χ4n) is 2.64. The Bertz CT molecular complexity index is 643. The summed E-state index contributed by atoms with van der Waals surface area (Å²) in [5.74, 6) is 0.300. The van der Waals surface area contributed by atoms with Gasteiger partial charge in [-0.3, -0.25) is 15.0 Å². The molecule has 0 bridgehead atoms. The largest absolute Gasteiger partial charge is 0.488 e. The van der Waals surface area contributed by atoms with Crippen LogP contribution in [-0.4, -0.2) is 22.2 Å². The molecule has 1 aliphatic carbocycles. The van der Waals surface area contributed by atoms with E-state index in [9.17, 15) is 4.79 Å². The number of amides is 1. The van der Waals surface area contributed by atoms with Gasteiger partial charge in [-0.05, 0) is 48.2 Å². The quantitative estimate of drug-likeness (QED) is 0.669. The van der Waals surface area contributed by atoms with Crippen molar-refractivity contribution in [1.29, 1.82) is 0 Å². The lowest BCUT2D eigenvalue weighted by molar-refractivity contribution is 0.0706. The maximum atomic E-state index is 11.4. The molecule has 0 radical (unpaired) electrons. The van der Waals surface area contributed by atoms with Crippen LogP contribution in [0, 0.1) is 0 Å². The second-order valence-corrected chi connectivity index (χ2v) is 5.10. The fraction of sp³-hybridized carbons (Fsp3) is 0.250. The highest BCUT2D eigenvalue weighted by Gasteiger charge is 2.21. The molecule has 108 valence electrons. The number of rotatable bonds is 3. The van der Waals surface area contributed by atoms with Gasteiger partial charge in [0.05, 0.1) is 6.20 Å². The normalized spacial score (nSPS) is 16.9. The summed E-state index contributed by atoms with van der Waals surface area (Å²) < 4.78 is 5.93. The fourth-order valence-corrected chi connectivity index (χ4v) is 2.64. The van der Waals surface area contributed by atoms with Gasteiger partial charge in [-0.25, -0.2) is 5.48 Å². The maximum absolute atomic E-state index is 11.4. The lowest BCUT2D eigenvalue weighted by Gasteiger charge is -2.25. The minimum Gasteiger partial charge on any atom is -0.488 e. The average Bonchev–Trinajstić information content (AvgIpc) is 2.54. The highest BCUT2D eigenvalue weighted by molar-refractivity contribution is 5.93. The Labute approximate surface area is 122 Å². The van der Waals surface area contributed by atoms with E-state index in [1.54, 1.807) is 23.9 Å². The number of hydrogen-bond acceptors (Lipinski definition) is 4. The third-order valence-electron chi connectivity index (χ3n) is 3.69. The van der Waals surface area contributed by atoms with Crippen molar-refractivity contribution in [1.82, 2.24) is 10.5 Å². The Kier molecular flexibility index (Phi) is 3.83. The highest BCUT2D eigenvalue weighted by atomic mass is 16.5. The second kappa shape index (κ2) is 5.93. The number of aromatic nitrogens is 1. The zero-order valence-electron chi connectivity index (χ0n) is 11.5. The second-order valence-electron chi connectivity index (χ2n) is 5.10. The Morgan fingerprint density at radius 2 is 2.24 bits per heavy atom. The topological polar surface area (TPSA) is 71.5 Å². The van der Waals surface area contributed by atoms with Crippen LogP contribution < -0.4 is 10.2 Å². The molecule has 1 atom stereocenters. The lowest BCUT2D eigenvalue weighted by Crippen LogP contribution is -2.26. The maximum Gasteiger partial charge on any atom is 0.274 e. The van der Waals surface area contributed by atoms with Crippen molar-refractivity contribution in [2.45, 2.75) is 25.4 Å². The van der Waals surface area contributed by atoms with Gasteiger partial charge in [-0.1, -0.05) is 6.07 Å². The molecule has 5 heteroatoms. The molecule has 1 amide bonds. The molecule has 2 N–H and O–H groups in total. The SMILES string of the molecule is O=C(NO)c1ccc2c(c1)CCC(Oc1cccnc1)C2. The smallest absolute Gasteiger partial charge is 0.274 e. The van der Waals surface area contributed by atoms with E-state index >= 15 is 0 Å². The molecule has 0 saturated heterocycles. The van der Waals surface area contributed by atoms with Crippen molar-refractivity contribution < 1.29 is 14.7 Å². The zero-order valence-corrected chi connectivity index (χ0v) is 11.5. The van der Waals surface area contributed by atoms with Gasteiger partial charge in [-0.2, -0.15) is 0 Å². The molecule has 21 heavy (non-hydrogen) atoms. The van der Waals surface area contributed by atoms with Crippen LogP contribution in [0.2, 0.25) is 0 Å². The van der Waals surface area contributed by atoms with Crippen LogP contribution in [-0.2, 0) is 12.8 Å². The molecule has 2 aromatic rings. The number of ether oxygens (including phenoxy) is 1. The van der Waals surface area contributed by atoms with E-state index in [0.29, 0.717) is 5.56 Å². The van der Waals surface area contributed by atoms with E-state index in [-0.39, 0.29) is 6.10 Å². The first-order valence-corrected chi connectivity index (χ1v) is 6.89. The Hall–Kier alpha value is -2.40. The van der Waals surface area contributed by atoms with E-state index in [4.69, 9.17) is 9.94 Å². The van der Waals surface area contributed by atoms with Crippen molar-refractivity contribution in [2.75, 3.05) is 0 Å². The van der Waals surface area contributed by atoms with Crippen LogP contribution >= 0.6 is 0 Å². The Morgan fingerprint density at radius 1 is 1.33 bits per heavy atom. The first-order chi connectivity index (χ1) is 10.3. The summed E-state index contributed by atoms with van der Waals surface area (Å²) >= 11 is 0. The van der Waals surface area contributed by atoms with E-state index in [1.165, 1.54) is 5.56 Å². The molecule has 0 saturated carbocycles. The van der Waals surface area contributed by atoms with Crippen molar-refractivity contribution in [2.24, 2.45) is 0 Å². The third kappa shape index (κ3) is 3.03. The van der Waals surface area contributed by atoms with E-state index in [0.717, 1.165) is 30.6 Å². The monoisotopic (exact) mass is 284 g/mol. The van der Waals surface area contributed by atoms with Gasteiger partial charge in [0.1, 0.15) is 11.9 Å². The van der Waals surface area contributed by atoms with Crippen LogP contribution in [0.4, 0.5) is 0 Å². The lowest BCUT2D eigenvalue weighted by atomic mass is 9.88. The van der Waals surface area contributed by atoms with Crippen molar-refractivity contribution in [3.8, 4) is 5.75 Å². The van der Waals surface area contributed by atoms with Gasteiger partial charge in [0.2, 0.25) is 0 Å². The van der Waals surface area contributed by atoms with Crippen molar-refractivity contribution in [3.63, 3.8) is 0 Å². The van der Waals surface area contributed by atoms with Crippen molar-refractivity contribution >= 4 is 5.91 Å². The molecule has 1 heterocycles. The van der Waals surface area contributed by atoms with Gasteiger partial charge in [-0.15, -0.1) is 0 Å². The molecule has 1 aliphatic rings. The summed E-state index contributed by atoms with van der Waals surface area (Å²) in [4.78, 5) is 15.5. The molecule has 0 aliphatic heterocycles. The number of aryl methyl sites for hydroxylation is 1. The summed E-state index contributed by atoms with van der Waals surface area (Å²) in [6.45, 7) is 0. The Morgan fingerprint density at radius 3 is 3.00 bits per heavy atom. The molecule has 1 aromatic heterocycles. The predicted molar refractivity (Wildman–Crippen MR) is 76.4 cm³/mol. The summed E-state index contributed by atoms with van der Waals surface area (Å²) in [7, 11) is 0. The van der Waals surface area contributed by atoms with Crippen LogP contribution in [0.15, 0.2) is 42.7 Å². The number of nitrogens with one attached hydrogen (secondary N) is 1. The van der Waals surface area contributed by atoms with Gasteiger partial charge in [0.15, 0.2) is 0 Å². The summed E-state index contributed by atoms with van der Waals surface area (Å²) in [6, 6.07) is 9.24. The molecule has 5 nitrogen and oxygen atoms in total. The minimum atomic E-state index is -0.480. The predicted octanol–water partition coefficient (Wildman–Crippen LogP) is 2.14. The molecule has 3 rings (SSSR count). The van der Waals surface area contributed by atoms with Crippen molar-refractivity contribution in [3.05, 3.63) is 59.4 Å². The van der Waals surface area contributed by atoms with Gasteiger partial charge in [0, 0.05) is 18.2 Å². The average molecular weight is 284 g/mol. The number of carbonyl (C=O) groups is 1. The first kappa shape index (κ1) is 13.6. The summed E-state index contributed by atoms with van der Waals surface area (Å²) in [5.41, 5.74) is 4.46.